The molecule has 2 fully saturated rings. The average molecular weight is 397 g/mol. The largest absolute Gasteiger partial charge is 0.338 e. The van der Waals surface area contributed by atoms with Gasteiger partial charge in [-0.25, -0.2) is 0 Å². The minimum absolute atomic E-state index is 0.0619. The number of carbonyl (C=O) groups is 2. The molecular formula is C23H32N4O2+2. The second-order valence-corrected chi connectivity index (χ2v) is 8.45. The van der Waals surface area contributed by atoms with Crippen molar-refractivity contribution in [2.75, 3.05) is 51.1 Å². The third kappa shape index (κ3) is 4.77. The molecule has 6 nitrogen and oxygen atoms in total. The maximum atomic E-state index is 12.8. The van der Waals surface area contributed by atoms with E-state index in [-0.39, 0.29) is 11.9 Å². The number of anilines is 1. The quantitative estimate of drug-likeness (QED) is 0.643. The summed E-state index contributed by atoms with van der Waals surface area (Å²) in [7, 11) is 0. The van der Waals surface area contributed by atoms with Crippen molar-refractivity contribution < 1.29 is 19.4 Å². The molecule has 2 aromatic rings. The van der Waals surface area contributed by atoms with E-state index in [2.05, 4.69) is 17.4 Å². The number of carbonyl (C=O) groups excluding carboxylic acids is 2. The zero-order valence-corrected chi connectivity index (χ0v) is 17.2. The van der Waals surface area contributed by atoms with Crippen molar-refractivity contribution in [3.05, 3.63) is 42.5 Å². The van der Waals surface area contributed by atoms with Gasteiger partial charge in [0.25, 0.3) is 11.8 Å². The van der Waals surface area contributed by atoms with Crippen LogP contribution in [0.5, 0.6) is 0 Å². The lowest BCUT2D eigenvalue weighted by Crippen LogP contribution is -3.30. The Labute approximate surface area is 172 Å². The SMILES string of the molecule is C[C@H](C(=O)Nc1ccc2ccccc2c1)[NH+]1CC[NH+](CC(=O)N2CCCC2)CC1. The molecule has 0 aliphatic carbocycles. The lowest BCUT2D eigenvalue weighted by atomic mass is 10.1. The first-order valence-electron chi connectivity index (χ1n) is 10.9. The van der Waals surface area contributed by atoms with E-state index in [1.54, 1.807) is 0 Å². The number of hydrogen-bond donors (Lipinski definition) is 3. The fourth-order valence-electron chi connectivity index (χ4n) is 4.53. The molecule has 0 unspecified atom stereocenters. The van der Waals surface area contributed by atoms with Gasteiger partial charge in [-0.2, -0.15) is 0 Å². The molecule has 2 amide bonds. The van der Waals surface area contributed by atoms with Crippen molar-refractivity contribution in [3.8, 4) is 0 Å². The van der Waals surface area contributed by atoms with Gasteiger partial charge in [-0.1, -0.05) is 30.3 Å². The molecule has 3 N–H and O–H groups in total. The first kappa shape index (κ1) is 19.9. The molecule has 154 valence electrons. The average Bonchev–Trinajstić information content (AvgIpc) is 3.29. The van der Waals surface area contributed by atoms with Gasteiger partial charge in [-0.05, 0) is 42.7 Å². The summed E-state index contributed by atoms with van der Waals surface area (Å²) in [5.74, 6) is 0.356. The Balaban J connectivity index is 1.27. The predicted octanol–water partition coefficient (Wildman–Crippen LogP) is -0.427. The monoisotopic (exact) mass is 396 g/mol. The fourth-order valence-corrected chi connectivity index (χ4v) is 4.53. The number of rotatable bonds is 5. The molecule has 0 saturated carbocycles. The van der Waals surface area contributed by atoms with E-state index < -0.39 is 0 Å². The van der Waals surface area contributed by atoms with Crippen LogP contribution in [0.15, 0.2) is 42.5 Å². The van der Waals surface area contributed by atoms with Crippen LogP contribution < -0.4 is 15.1 Å². The Hall–Kier alpha value is -2.44. The number of benzene rings is 2. The second-order valence-electron chi connectivity index (χ2n) is 8.45. The Morgan fingerprint density at radius 1 is 1.00 bits per heavy atom. The van der Waals surface area contributed by atoms with E-state index in [4.69, 9.17) is 0 Å². The molecule has 2 aliphatic rings. The van der Waals surface area contributed by atoms with Gasteiger partial charge >= 0.3 is 0 Å². The molecular weight excluding hydrogens is 364 g/mol. The highest BCUT2D eigenvalue weighted by atomic mass is 16.2. The van der Waals surface area contributed by atoms with Crippen LogP contribution in [0.25, 0.3) is 10.8 Å². The van der Waals surface area contributed by atoms with Crippen LogP contribution in [0.3, 0.4) is 0 Å². The van der Waals surface area contributed by atoms with Crippen LogP contribution in [0, 0.1) is 0 Å². The summed E-state index contributed by atoms with van der Waals surface area (Å²) in [4.78, 5) is 29.8. The highest BCUT2D eigenvalue weighted by Crippen LogP contribution is 2.18. The van der Waals surface area contributed by atoms with Gasteiger partial charge in [0.05, 0.1) is 0 Å². The van der Waals surface area contributed by atoms with E-state index in [1.807, 2.05) is 42.2 Å². The third-order valence-corrected chi connectivity index (χ3v) is 6.48. The van der Waals surface area contributed by atoms with Crippen molar-refractivity contribution >= 4 is 28.3 Å². The summed E-state index contributed by atoms with van der Waals surface area (Å²) < 4.78 is 0. The molecule has 2 aliphatic heterocycles. The molecule has 6 heteroatoms. The van der Waals surface area contributed by atoms with E-state index in [0.717, 1.165) is 63.2 Å². The summed E-state index contributed by atoms with van der Waals surface area (Å²) >= 11 is 0. The minimum Gasteiger partial charge on any atom is -0.338 e. The van der Waals surface area contributed by atoms with Crippen LogP contribution in [0.2, 0.25) is 0 Å². The summed E-state index contributed by atoms with van der Waals surface area (Å²) in [5, 5.41) is 5.39. The Morgan fingerprint density at radius 2 is 1.69 bits per heavy atom. The van der Waals surface area contributed by atoms with Gasteiger partial charge in [0.1, 0.15) is 26.2 Å². The van der Waals surface area contributed by atoms with Crippen molar-refractivity contribution in [1.29, 1.82) is 0 Å². The molecule has 0 spiro atoms. The highest BCUT2D eigenvalue weighted by molar-refractivity contribution is 5.96. The standard InChI is InChI=1S/C23H30N4O2/c1-18(23(29)24-21-9-8-19-6-2-3-7-20(19)16-21)26-14-12-25(13-15-26)17-22(28)27-10-4-5-11-27/h2-3,6-9,16,18H,4-5,10-15,17H2,1H3,(H,24,29)/p+2/t18-/m1/s1. The van der Waals surface area contributed by atoms with Gasteiger partial charge in [0.2, 0.25) is 0 Å². The van der Waals surface area contributed by atoms with Crippen LogP contribution in [0.1, 0.15) is 19.8 Å². The smallest absolute Gasteiger partial charge is 0.282 e. The minimum atomic E-state index is -0.0997. The topological polar surface area (TPSA) is 58.3 Å². The van der Waals surface area contributed by atoms with Crippen molar-refractivity contribution in [3.63, 3.8) is 0 Å². The first-order valence-corrected chi connectivity index (χ1v) is 10.9. The zero-order valence-electron chi connectivity index (χ0n) is 17.2. The van der Waals surface area contributed by atoms with E-state index >= 15 is 0 Å². The maximum Gasteiger partial charge on any atom is 0.282 e. The number of fused-ring (bicyclic) bond motifs is 1. The predicted molar refractivity (Wildman–Crippen MR) is 114 cm³/mol. The van der Waals surface area contributed by atoms with Gasteiger partial charge in [0.15, 0.2) is 12.6 Å². The molecule has 2 saturated heterocycles. The van der Waals surface area contributed by atoms with Gasteiger partial charge in [0, 0.05) is 18.8 Å². The number of nitrogens with zero attached hydrogens (tertiary/aromatic N) is 1. The summed E-state index contributed by atoms with van der Waals surface area (Å²) in [6.45, 7) is 8.21. The molecule has 0 bridgehead atoms. The normalized spacial score (nSPS) is 23.1. The van der Waals surface area contributed by atoms with Crippen molar-refractivity contribution in [1.82, 2.24) is 4.90 Å². The number of piperazine rings is 1. The Bertz CT molecular complexity index is 870. The van der Waals surface area contributed by atoms with Crippen LogP contribution in [-0.4, -0.2) is 68.6 Å². The lowest BCUT2D eigenvalue weighted by Gasteiger charge is -2.32. The molecule has 0 radical (unpaired) electrons. The van der Waals surface area contributed by atoms with Crippen molar-refractivity contribution in [2.45, 2.75) is 25.8 Å². The Kier molecular flexibility index (Phi) is 6.11. The van der Waals surface area contributed by atoms with E-state index in [0.29, 0.717) is 12.5 Å². The summed E-state index contributed by atoms with van der Waals surface area (Å²) in [6, 6.07) is 14.1. The molecule has 1 atom stereocenters. The van der Waals surface area contributed by atoms with Gasteiger partial charge < -0.3 is 20.0 Å². The number of quaternary nitrogens is 2. The number of amides is 2. The second kappa shape index (κ2) is 8.93. The third-order valence-electron chi connectivity index (χ3n) is 6.48. The van der Waals surface area contributed by atoms with Gasteiger partial charge in [-0.15, -0.1) is 0 Å². The van der Waals surface area contributed by atoms with E-state index in [1.165, 1.54) is 15.2 Å². The fraction of sp³-hybridized carbons (Fsp3) is 0.478. The first-order chi connectivity index (χ1) is 14.1. The number of likely N-dealkylation sites (tertiary alicyclic amines) is 1. The molecule has 2 heterocycles. The lowest BCUT2D eigenvalue weighted by molar-refractivity contribution is -1.01. The zero-order chi connectivity index (χ0) is 20.2. The molecule has 0 aromatic heterocycles. The highest BCUT2D eigenvalue weighted by Gasteiger charge is 2.32. The van der Waals surface area contributed by atoms with Crippen LogP contribution >= 0.6 is 0 Å². The molecule has 4 rings (SSSR count). The van der Waals surface area contributed by atoms with Crippen LogP contribution in [0.4, 0.5) is 5.69 Å². The van der Waals surface area contributed by atoms with Crippen LogP contribution in [-0.2, 0) is 9.59 Å². The summed E-state index contributed by atoms with van der Waals surface area (Å²) in [6.07, 6.45) is 2.28. The number of hydrogen-bond acceptors (Lipinski definition) is 2. The summed E-state index contributed by atoms with van der Waals surface area (Å²) in [5.41, 5.74) is 0.848. The Morgan fingerprint density at radius 3 is 2.41 bits per heavy atom. The molecule has 2 aromatic carbocycles. The van der Waals surface area contributed by atoms with Gasteiger partial charge in [-0.3, -0.25) is 9.59 Å². The van der Waals surface area contributed by atoms with E-state index in [9.17, 15) is 9.59 Å². The maximum absolute atomic E-state index is 12.8. The molecule has 29 heavy (non-hydrogen) atoms. The van der Waals surface area contributed by atoms with Crippen molar-refractivity contribution in [2.24, 2.45) is 0 Å². The number of nitrogens with one attached hydrogen (secondary N) is 3.